The molecule has 0 bridgehead atoms. The minimum Gasteiger partial charge on any atom is -0.497 e. The predicted molar refractivity (Wildman–Crippen MR) is 77.3 cm³/mol. The van der Waals surface area contributed by atoms with Gasteiger partial charge in [-0.3, -0.25) is 4.79 Å². The SMILES string of the molecule is COc1ccc(C(=O)c2cc(C)sc2SC)cc1. The molecule has 0 unspecified atom stereocenters. The van der Waals surface area contributed by atoms with Crippen molar-refractivity contribution in [3.05, 3.63) is 46.3 Å². The van der Waals surface area contributed by atoms with Crippen molar-refractivity contribution in [3.8, 4) is 5.75 Å². The van der Waals surface area contributed by atoms with Gasteiger partial charge in [0.1, 0.15) is 5.75 Å². The number of hydrogen-bond acceptors (Lipinski definition) is 4. The summed E-state index contributed by atoms with van der Waals surface area (Å²) in [5, 5.41) is 0. The molecule has 4 heteroatoms. The van der Waals surface area contributed by atoms with Gasteiger partial charge in [0.05, 0.1) is 11.3 Å². The van der Waals surface area contributed by atoms with Crippen LogP contribution in [0.5, 0.6) is 5.75 Å². The average Bonchev–Trinajstić information content (AvgIpc) is 2.79. The Kier molecular flexibility index (Phi) is 4.09. The van der Waals surface area contributed by atoms with Crippen LogP contribution in [0.4, 0.5) is 0 Å². The summed E-state index contributed by atoms with van der Waals surface area (Å²) in [6, 6.07) is 9.19. The van der Waals surface area contributed by atoms with E-state index in [-0.39, 0.29) is 5.78 Å². The third-order valence-corrected chi connectivity index (χ3v) is 4.79. The first-order chi connectivity index (χ1) is 8.65. The van der Waals surface area contributed by atoms with Gasteiger partial charge < -0.3 is 4.74 Å². The zero-order chi connectivity index (χ0) is 13.1. The van der Waals surface area contributed by atoms with Crippen molar-refractivity contribution < 1.29 is 9.53 Å². The average molecular weight is 278 g/mol. The van der Waals surface area contributed by atoms with Crippen molar-refractivity contribution in [2.24, 2.45) is 0 Å². The minimum absolute atomic E-state index is 0.0753. The third-order valence-electron chi connectivity index (χ3n) is 2.60. The Morgan fingerprint density at radius 1 is 1.28 bits per heavy atom. The first kappa shape index (κ1) is 13.2. The zero-order valence-corrected chi connectivity index (χ0v) is 12.2. The molecular weight excluding hydrogens is 264 g/mol. The Morgan fingerprint density at radius 3 is 2.50 bits per heavy atom. The summed E-state index contributed by atoms with van der Waals surface area (Å²) in [4.78, 5) is 13.6. The van der Waals surface area contributed by atoms with E-state index >= 15 is 0 Å². The molecule has 0 spiro atoms. The fraction of sp³-hybridized carbons (Fsp3) is 0.214. The second-order valence-corrected chi connectivity index (χ2v) is 6.15. The number of thioether (sulfide) groups is 1. The molecule has 2 nitrogen and oxygen atoms in total. The maximum Gasteiger partial charge on any atom is 0.195 e. The second-order valence-electron chi connectivity index (χ2n) is 3.82. The Morgan fingerprint density at radius 2 is 1.94 bits per heavy atom. The highest BCUT2D eigenvalue weighted by atomic mass is 32.2. The molecule has 0 saturated carbocycles. The zero-order valence-electron chi connectivity index (χ0n) is 10.5. The topological polar surface area (TPSA) is 26.3 Å². The van der Waals surface area contributed by atoms with Gasteiger partial charge in [-0.25, -0.2) is 0 Å². The second kappa shape index (κ2) is 5.59. The maximum absolute atomic E-state index is 12.4. The lowest BCUT2D eigenvalue weighted by Gasteiger charge is -2.03. The maximum atomic E-state index is 12.4. The largest absolute Gasteiger partial charge is 0.497 e. The van der Waals surface area contributed by atoms with E-state index in [2.05, 4.69) is 0 Å². The monoisotopic (exact) mass is 278 g/mol. The summed E-state index contributed by atoms with van der Waals surface area (Å²) in [6.07, 6.45) is 2.00. The van der Waals surface area contributed by atoms with E-state index in [4.69, 9.17) is 4.74 Å². The van der Waals surface area contributed by atoms with E-state index in [0.29, 0.717) is 5.56 Å². The molecule has 1 aromatic carbocycles. The summed E-state index contributed by atoms with van der Waals surface area (Å²) in [5.41, 5.74) is 1.50. The van der Waals surface area contributed by atoms with E-state index < -0.39 is 0 Å². The van der Waals surface area contributed by atoms with Crippen molar-refractivity contribution in [3.63, 3.8) is 0 Å². The normalized spacial score (nSPS) is 10.4. The van der Waals surface area contributed by atoms with Crippen LogP contribution < -0.4 is 4.74 Å². The van der Waals surface area contributed by atoms with Crippen LogP contribution in [0.15, 0.2) is 34.5 Å². The Balaban J connectivity index is 2.34. The smallest absolute Gasteiger partial charge is 0.195 e. The van der Waals surface area contributed by atoms with Gasteiger partial charge in [0, 0.05) is 16.0 Å². The number of thiophene rings is 1. The molecule has 18 heavy (non-hydrogen) atoms. The molecule has 0 N–H and O–H groups in total. The lowest BCUT2D eigenvalue weighted by molar-refractivity contribution is 0.103. The number of rotatable bonds is 4. The van der Waals surface area contributed by atoms with Crippen LogP contribution in [-0.2, 0) is 0 Å². The van der Waals surface area contributed by atoms with E-state index in [1.54, 1.807) is 42.3 Å². The van der Waals surface area contributed by atoms with Crippen LogP contribution in [0.2, 0.25) is 0 Å². The standard InChI is InChI=1S/C14H14O2S2/c1-9-8-12(14(17-3)18-9)13(15)10-4-6-11(16-2)7-5-10/h4-8H,1-3H3. The molecule has 1 heterocycles. The summed E-state index contributed by atoms with van der Waals surface area (Å²) >= 11 is 3.28. The lowest BCUT2D eigenvalue weighted by atomic mass is 10.1. The van der Waals surface area contributed by atoms with Gasteiger partial charge in [0.15, 0.2) is 5.78 Å². The van der Waals surface area contributed by atoms with Crippen LogP contribution in [0.3, 0.4) is 0 Å². The molecule has 0 aliphatic carbocycles. The number of methoxy groups -OCH3 is 1. The summed E-state index contributed by atoms with van der Waals surface area (Å²) in [5.74, 6) is 0.837. The van der Waals surface area contributed by atoms with Crippen molar-refractivity contribution >= 4 is 28.9 Å². The molecule has 0 aliphatic heterocycles. The summed E-state index contributed by atoms with van der Waals surface area (Å²) in [7, 11) is 1.62. The lowest BCUT2D eigenvalue weighted by Crippen LogP contribution is -2.00. The number of carbonyl (C=O) groups is 1. The van der Waals surface area contributed by atoms with Crippen LogP contribution >= 0.6 is 23.1 Å². The number of hydrogen-bond donors (Lipinski definition) is 0. The number of aryl methyl sites for hydroxylation is 1. The Labute approximate surface area is 115 Å². The first-order valence-corrected chi connectivity index (χ1v) is 7.53. The summed E-state index contributed by atoms with van der Waals surface area (Å²) < 4.78 is 6.17. The molecule has 0 atom stereocenters. The van der Waals surface area contributed by atoms with Crippen molar-refractivity contribution in [2.45, 2.75) is 11.1 Å². The molecule has 2 aromatic rings. The van der Waals surface area contributed by atoms with Crippen LogP contribution in [0.1, 0.15) is 20.8 Å². The minimum atomic E-state index is 0.0753. The quantitative estimate of drug-likeness (QED) is 0.624. The molecule has 1 aromatic heterocycles. The molecule has 0 amide bonds. The van der Waals surface area contributed by atoms with E-state index in [1.807, 2.05) is 31.4 Å². The molecule has 0 radical (unpaired) electrons. The van der Waals surface area contributed by atoms with E-state index in [0.717, 1.165) is 20.4 Å². The van der Waals surface area contributed by atoms with Crippen LogP contribution in [-0.4, -0.2) is 19.1 Å². The van der Waals surface area contributed by atoms with Crippen molar-refractivity contribution in [2.75, 3.05) is 13.4 Å². The van der Waals surface area contributed by atoms with Gasteiger partial charge >= 0.3 is 0 Å². The van der Waals surface area contributed by atoms with Gasteiger partial charge in [-0.05, 0) is 43.5 Å². The van der Waals surface area contributed by atoms with Gasteiger partial charge in [-0.15, -0.1) is 23.1 Å². The fourth-order valence-corrected chi connectivity index (χ4v) is 3.53. The number of benzene rings is 1. The molecule has 0 aliphatic rings. The van der Waals surface area contributed by atoms with Gasteiger partial charge in [-0.2, -0.15) is 0 Å². The third kappa shape index (κ3) is 2.60. The highest BCUT2D eigenvalue weighted by Crippen LogP contribution is 2.31. The summed E-state index contributed by atoms with van der Waals surface area (Å²) in [6.45, 7) is 2.02. The predicted octanol–water partition coefficient (Wildman–Crippen LogP) is 4.02. The molecule has 94 valence electrons. The van der Waals surface area contributed by atoms with Gasteiger partial charge in [-0.1, -0.05) is 0 Å². The van der Waals surface area contributed by atoms with E-state index in [9.17, 15) is 4.79 Å². The Hall–Kier alpha value is -1.26. The molecule has 0 saturated heterocycles. The molecule has 2 rings (SSSR count). The molecular formula is C14H14O2S2. The Bertz CT molecular complexity index is 556. The number of ketones is 1. The van der Waals surface area contributed by atoms with Crippen molar-refractivity contribution in [1.29, 1.82) is 0 Å². The fourth-order valence-electron chi connectivity index (χ4n) is 1.70. The molecule has 0 fully saturated rings. The van der Waals surface area contributed by atoms with Crippen LogP contribution in [0, 0.1) is 6.92 Å². The van der Waals surface area contributed by atoms with Gasteiger partial charge in [0.25, 0.3) is 0 Å². The van der Waals surface area contributed by atoms with Gasteiger partial charge in [0.2, 0.25) is 0 Å². The van der Waals surface area contributed by atoms with Crippen LogP contribution in [0.25, 0.3) is 0 Å². The highest BCUT2D eigenvalue weighted by molar-refractivity contribution is 8.00. The number of ether oxygens (including phenoxy) is 1. The van der Waals surface area contributed by atoms with Crippen molar-refractivity contribution in [1.82, 2.24) is 0 Å². The highest BCUT2D eigenvalue weighted by Gasteiger charge is 2.16. The first-order valence-electron chi connectivity index (χ1n) is 5.49. The van der Waals surface area contributed by atoms with E-state index in [1.165, 1.54) is 0 Å². The number of carbonyl (C=O) groups excluding carboxylic acids is 1.